The molecule has 0 N–H and O–H groups in total. The molecule has 2 aliphatic heterocycles. The van der Waals surface area contributed by atoms with E-state index in [2.05, 4.69) is 28.2 Å². The van der Waals surface area contributed by atoms with Crippen molar-refractivity contribution in [3.05, 3.63) is 21.9 Å². The Morgan fingerprint density at radius 3 is 2.86 bits per heavy atom. The van der Waals surface area contributed by atoms with E-state index in [0.717, 1.165) is 32.8 Å². The van der Waals surface area contributed by atoms with Crippen LogP contribution in [0.5, 0.6) is 0 Å². The van der Waals surface area contributed by atoms with Crippen molar-refractivity contribution in [2.75, 3.05) is 32.8 Å². The maximum Gasteiger partial charge on any atom is 0.0702 e. The van der Waals surface area contributed by atoms with E-state index in [9.17, 15) is 0 Å². The first-order valence-corrected chi connectivity index (χ1v) is 9.84. The number of hydrogen-bond donors (Lipinski definition) is 0. The lowest BCUT2D eigenvalue weighted by Gasteiger charge is -2.25. The number of hydrogen-bond acceptors (Lipinski definition) is 4. The summed E-state index contributed by atoms with van der Waals surface area (Å²) in [6, 6.07) is 2.43. The quantitative estimate of drug-likeness (QED) is 0.760. The molecule has 2 fully saturated rings. The first-order valence-electron chi connectivity index (χ1n) is 8.96. The Morgan fingerprint density at radius 1 is 1.27 bits per heavy atom. The van der Waals surface area contributed by atoms with Crippen molar-refractivity contribution in [1.82, 2.24) is 9.80 Å². The van der Waals surface area contributed by atoms with Crippen LogP contribution >= 0.6 is 11.3 Å². The predicted octanol–water partition coefficient (Wildman–Crippen LogP) is 3.73. The van der Waals surface area contributed by atoms with Crippen LogP contribution in [-0.4, -0.2) is 48.7 Å². The minimum absolute atomic E-state index is 0.465. The van der Waals surface area contributed by atoms with Crippen molar-refractivity contribution in [3.8, 4) is 0 Å². The maximum atomic E-state index is 5.78. The maximum absolute atomic E-state index is 5.78. The highest BCUT2D eigenvalue weighted by Gasteiger charge is 2.19. The van der Waals surface area contributed by atoms with Gasteiger partial charge < -0.3 is 4.74 Å². The molecule has 0 aliphatic carbocycles. The van der Waals surface area contributed by atoms with Gasteiger partial charge in [-0.2, -0.15) is 0 Å². The van der Waals surface area contributed by atoms with Crippen molar-refractivity contribution >= 4 is 11.3 Å². The van der Waals surface area contributed by atoms with E-state index in [4.69, 9.17) is 4.74 Å². The van der Waals surface area contributed by atoms with Gasteiger partial charge in [0, 0.05) is 31.1 Å². The molecule has 2 aliphatic rings. The number of ether oxygens (including phenoxy) is 1. The first-order chi connectivity index (χ1) is 10.8. The monoisotopic (exact) mass is 322 g/mol. The van der Waals surface area contributed by atoms with Gasteiger partial charge in [-0.25, -0.2) is 0 Å². The van der Waals surface area contributed by atoms with Crippen LogP contribution in [0.15, 0.2) is 11.4 Å². The minimum atomic E-state index is 0.465. The molecular formula is C18H30N2OS. The third-order valence-corrected chi connectivity index (χ3v) is 5.85. The van der Waals surface area contributed by atoms with E-state index >= 15 is 0 Å². The summed E-state index contributed by atoms with van der Waals surface area (Å²) < 4.78 is 5.78. The number of likely N-dealkylation sites (tertiary alicyclic amines) is 1. The van der Waals surface area contributed by atoms with Gasteiger partial charge in [-0.05, 0) is 62.3 Å². The number of likely N-dealkylation sites (N-methyl/N-ethyl adjacent to an activating group) is 1. The van der Waals surface area contributed by atoms with Gasteiger partial charge in [-0.1, -0.05) is 13.3 Å². The highest BCUT2D eigenvalue weighted by Crippen LogP contribution is 2.21. The summed E-state index contributed by atoms with van der Waals surface area (Å²) in [5.74, 6) is 0. The molecule has 124 valence electrons. The van der Waals surface area contributed by atoms with E-state index < -0.39 is 0 Å². The highest BCUT2D eigenvalue weighted by molar-refractivity contribution is 7.10. The largest absolute Gasteiger partial charge is 0.377 e. The molecule has 0 amide bonds. The molecule has 1 aromatic rings. The molecule has 1 aromatic heterocycles. The lowest BCUT2D eigenvalue weighted by molar-refractivity contribution is 0.0728. The Hall–Kier alpha value is -0.420. The third kappa shape index (κ3) is 4.79. The molecule has 0 bridgehead atoms. The number of thiophene rings is 1. The van der Waals surface area contributed by atoms with Gasteiger partial charge in [-0.3, -0.25) is 9.80 Å². The van der Waals surface area contributed by atoms with Gasteiger partial charge in [-0.15, -0.1) is 11.3 Å². The second-order valence-electron chi connectivity index (χ2n) is 6.72. The Morgan fingerprint density at radius 2 is 2.14 bits per heavy atom. The first kappa shape index (κ1) is 16.4. The van der Waals surface area contributed by atoms with E-state index in [0.29, 0.717) is 6.10 Å². The second-order valence-corrected chi connectivity index (χ2v) is 7.72. The second kappa shape index (κ2) is 8.44. The van der Waals surface area contributed by atoms with Crippen LogP contribution in [0.25, 0.3) is 0 Å². The number of nitrogens with zero attached hydrogens (tertiary/aromatic N) is 2. The summed E-state index contributed by atoms with van der Waals surface area (Å²) in [4.78, 5) is 6.65. The molecule has 2 saturated heterocycles. The minimum Gasteiger partial charge on any atom is -0.377 e. The number of piperidine rings is 1. The summed E-state index contributed by atoms with van der Waals surface area (Å²) in [5.41, 5.74) is 1.51. The summed E-state index contributed by atoms with van der Waals surface area (Å²) >= 11 is 1.93. The summed E-state index contributed by atoms with van der Waals surface area (Å²) in [7, 11) is 0. The number of rotatable bonds is 7. The van der Waals surface area contributed by atoms with Gasteiger partial charge in [0.2, 0.25) is 0 Å². The van der Waals surface area contributed by atoms with Crippen LogP contribution in [0.4, 0.5) is 0 Å². The van der Waals surface area contributed by atoms with Crippen LogP contribution in [0.3, 0.4) is 0 Å². The topological polar surface area (TPSA) is 15.7 Å². The van der Waals surface area contributed by atoms with Crippen LogP contribution in [0.1, 0.15) is 49.5 Å². The Bertz CT molecular complexity index is 436. The summed E-state index contributed by atoms with van der Waals surface area (Å²) in [5, 5.41) is 2.36. The van der Waals surface area contributed by atoms with E-state index in [1.807, 2.05) is 11.3 Å². The fourth-order valence-corrected chi connectivity index (χ4v) is 4.49. The van der Waals surface area contributed by atoms with Gasteiger partial charge in [0.25, 0.3) is 0 Å². The predicted molar refractivity (Wildman–Crippen MR) is 93.4 cm³/mol. The van der Waals surface area contributed by atoms with E-state index in [1.165, 1.54) is 55.6 Å². The smallest absolute Gasteiger partial charge is 0.0702 e. The average molecular weight is 323 g/mol. The molecule has 0 aromatic carbocycles. The lowest BCUT2D eigenvalue weighted by atomic mass is 10.1. The van der Waals surface area contributed by atoms with Crippen LogP contribution < -0.4 is 0 Å². The molecular weight excluding hydrogens is 292 g/mol. The third-order valence-electron chi connectivity index (χ3n) is 4.88. The molecule has 3 nitrogen and oxygen atoms in total. The Balaban J connectivity index is 1.48. The standard InChI is InChI=1S/C18H30N2OS/c1-2-19(13-17-7-6-10-21-17)14-18-11-16(15-22-18)12-20-8-4-3-5-9-20/h11,15,17H,2-10,12-14H2,1H3. The van der Waals surface area contributed by atoms with E-state index in [1.54, 1.807) is 0 Å². The zero-order chi connectivity index (χ0) is 15.2. The van der Waals surface area contributed by atoms with Crippen LogP contribution in [0, 0.1) is 0 Å². The lowest BCUT2D eigenvalue weighted by Crippen LogP contribution is -2.31. The van der Waals surface area contributed by atoms with Crippen molar-refractivity contribution in [2.45, 2.75) is 58.2 Å². The van der Waals surface area contributed by atoms with Crippen molar-refractivity contribution in [2.24, 2.45) is 0 Å². The molecule has 3 heterocycles. The highest BCUT2D eigenvalue weighted by atomic mass is 32.1. The molecule has 0 saturated carbocycles. The summed E-state index contributed by atoms with van der Waals surface area (Å²) in [6.07, 6.45) is 7.11. The van der Waals surface area contributed by atoms with E-state index in [-0.39, 0.29) is 0 Å². The molecule has 22 heavy (non-hydrogen) atoms. The molecule has 0 radical (unpaired) electrons. The van der Waals surface area contributed by atoms with Gasteiger partial charge in [0.05, 0.1) is 6.10 Å². The Kier molecular flexibility index (Phi) is 6.30. The Labute approximate surface area is 139 Å². The fraction of sp³-hybridized carbons (Fsp3) is 0.778. The molecule has 4 heteroatoms. The summed E-state index contributed by atoms with van der Waals surface area (Å²) in [6.45, 7) is 10.2. The van der Waals surface area contributed by atoms with Crippen LogP contribution in [0.2, 0.25) is 0 Å². The van der Waals surface area contributed by atoms with Crippen molar-refractivity contribution in [1.29, 1.82) is 0 Å². The SMILES string of the molecule is CCN(Cc1cc(CN2CCCCC2)cs1)CC1CCCO1. The fourth-order valence-electron chi connectivity index (χ4n) is 3.57. The molecule has 1 unspecified atom stereocenters. The van der Waals surface area contributed by atoms with Gasteiger partial charge in [0.15, 0.2) is 0 Å². The van der Waals surface area contributed by atoms with Crippen LogP contribution in [-0.2, 0) is 17.8 Å². The van der Waals surface area contributed by atoms with Crippen molar-refractivity contribution in [3.63, 3.8) is 0 Å². The van der Waals surface area contributed by atoms with Gasteiger partial charge >= 0.3 is 0 Å². The molecule has 0 spiro atoms. The average Bonchev–Trinajstić information content (AvgIpc) is 3.20. The van der Waals surface area contributed by atoms with Gasteiger partial charge in [0.1, 0.15) is 0 Å². The molecule has 3 rings (SSSR count). The normalized spacial score (nSPS) is 23.5. The zero-order valence-electron chi connectivity index (χ0n) is 13.9. The zero-order valence-corrected chi connectivity index (χ0v) is 14.7. The van der Waals surface area contributed by atoms with Crippen molar-refractivity contribution < 1.29 is 4.74 Å². The molecule has 1 atom stereocenters.